The van der Waals surface area contributed by atoms with Crippen molar-refractivity contribution < 1.29 is 19.5 Å². The van der Waals surface area contributed by atoms with E-state index >= 15 is 0 Å². The summed E-state index contributed by atoms with van der Waals surface area (Å²) in [5.74, 6) is 0.951. The third-order valence-electron chi connectivity index (χ3n) is 2.29. The number of hydrogen-bond acceptors (Lipinski definition) is 4. The van der Waals surface area contributed by atoms with Gasteiger partial charge >= 0.3 is 7.12 Å². The highest BCUT2D eigenvalue weighted by molar-refractivity contribution is 6.58. The smallest absolute Gasteiger partial charge is 0.467 e. The summed E-state index contributed by atoms with van der Waals surface area (Å²) in [7, 11) is 0.106. The Morgan fingerprint density at radius 1 is 1.31 bits per heavy atom. The molecular weight excluding hydrogens is 207 g/mol. The SMILES string of the molecule is COCOc1ccc(B(O)O)cc1C(C)C. The molecule has 0 saturated heterocycles. The van der Waals surface area contributed by atoms with Crippen LogP contribution in [0.15, 0.2) is 18.2 Å². The minimum Gasteiger partial charge on any atom is -0.467 e. The molecule has 5 heteroatoms. The summed E-state index contributed by atoms with van der Waals surface area (Å²) in [5.41, 5.74) is 1.40. The Morgan fingerprint density at radius 2 is 2.00 bits per heavy atom. The Balaban J connectivity index is 2.99. The molecule has 2 N–H and O–H groups in total. The minimum absolute atomic E-state index is 0.181. The molecule has 88 valence electrons. The van der Waals surface area contributed by atoms with Crippen LogP contribution < -0.4 is 10.2 Å². The van der Waals surface area contributed by atoms with Crippen LogP contribution in [0.3, 0.4) is 0 Å². The first-order valence-electron chi connectivity index (χ1n) is 5.18. The Labute approximate surface area is 96.0 Å². The molecule has 4 nitrogen and oxygen atoms in total. The quantitative estimate of drug-likeness (QED) is 0.563. The molecule has 0 aliphatic heterocycles. The van der Waals surface area contributed by atoms with Crippen LogP contribution >= 0.6 is 0 Å². The first-order chi connectivity index (χ1) is 7.56. The average molecular weight is 224 g/mol. The van der Waals surface area contributed by atoms with E-state index in [0.717, 1.165) is 5.56 Å². The van der Waals surface area contributed by atoms with Gasteiger partial charge in [0, 0.05) is 7.11 Å². The molecular formula is C11H17BO4. The van der Waals surface area contributed by atoms with E-state index in [2.05, 4.69) is 0 Å². The van der Waals surface area contributed by atoms with Gasteiger partial charge in [0.2, 0.25) is 0 Å². The van der Waals surface area contributed by atoms with Crippen LogP contribution in [0.4, 0.5) is 0 Å². The maximum Gasteiger partial charge on any atom is 0.488 e. The van der Waals surface area contributed by atoms with E-state index in [9.17, 15) is 0 Å². The highest BCUT2D eigenvalue weighted by Crippen LogP contribution is 2.25. The van der Waals surface area contributed by atoms with Crippen LogP contribution in [0, 0.1) is 0 Å². The molecule has 0 saturated carbocycles. The van der Waals surface area contributed by atoms with Crippen LogP contribution in [0.5, 0.6) is 5.75 Å². The largest absolute Gasteiger partial charge is 0.488 e. The van der Waals surface area contributed by atoms with E-state index in [1.807, 2.05) is 13.8 Å². The van der Waals surface area contributed by atoms with Gasteiger partial charge in [0.25, 0.3) is 0 Å². The van der Waals surface area contributed by atoms with Crippen LogP contribution in [-0.4, -0.2) is 31.1 Å². The van der Waals surface area contributed by atoms with Crippen molar-refractivity contribution in [2.45, 2.75) is 19.8 Å². The zero-order chi connectivity index (χ0) is 12.1. The molecule has 0 radical (unpaired) electrons. The number of ether oxygens (including phenoxy) is 2. The molecule has 0 aromatic heterocycles. The van der Waals surface area contributed by atoms with Gasteiger partial charge in [-0.05, 0) is 23.0 Å². The number of benzene rings is 1. The van der Waals surface area contributed by atoms with Gasteiger partial charge in [0.05, 0.1) is 0 Å². The fraction of sp³-hybridized carbons (Fsp3) is 0.455. The number of hydrogen-bond donors (Lipinski definition) is 2. The second-order valence-electron chi connectivity index (χ2n) is 3.88. The number of methoxy groups -OCH3 is 1. The van der Waals surface area contributed by atoms with Gasteiger partial charge in [-0.1, -0.05) is 26.0 Å². The highest BCUT2D eigenvalue weighted by atomic mass is 16.7. The fourth-order valence-electron chi connectivity index (χ4n) is 1.43. The molecule has 1 aromatic rings. The zero-order valence-electron chi connectivity index (χ0n) is 9.80. The molecule has 0 spiro atoms. The average Bonchev–Trinajstić information content (AvgIpc) is 2.25. The Bertz CT molecular complexity index is 339. The lowest BCUT2D eigenvalue weighted by molar-refractivity contribution is 0.0503. The minimum atomic E-state index is -1.45. The molecule has 1 rings (SSSR count). The van der Waals surface area contributed by atoms with Gasteiger partial charge in [-0.3, -0.25) is 0 Å². The van der Waals surface area contributed by atoms with E-state index in [1.165, 1.54) is 0 Å². The van der Waals surface area contributed by atoms with Crippen molar-refractivity contribution in [1.29, 1.82) is 0 Å². The van der Waals surface area contributed by atoms with Gasteiger partial charge in [-0.2, -0.15) is 0 Å². The van der Waals surface area contributed by atoms with Gasteiger partial charge in [0.15, 0.2) is 6.79 Å². The molecule has 0 bridgehead atoms. The lowest BCUT2D eigenvalue weighted by Gasteiger charge is -2.14. The molecule has 0 atom stereocenters. The van der Waals surface area contributed by atoms with Gasteiger partial charge in [-0.15, -0.1) is 0 Å². The zero-order valence-corrected chi connectivity index (χ0v) is 9.80. The van der Waals surface area contributed by atoms with Crippen LogP contribution in [0.1, 0.15) is 25.3 Å². The molecule has 0 unspecified atom stereocenters. The summed E-state index contributed by atoms with van der Waals surface area (Å²) >= 11 is 0. The molecule has 0 aliphatic carbocycles. The van der Waals surface area contributed by atoms with E-state index in [4.69, 9.17) is 19.5 Å². The van der Waals surface area contributed by atoms with Gasteiger partial charge in [-0.25, -0.2) is 0 Å². The summed E-state index contributed by atoms with van der Waals surface area (Å²) < 4.78 is 10.2. The molecule has 0 heterocycles. The topological polar surface area (TPSA) is 58.9 Å². The van der Waals surface area contributed by atoms with Crippen molar-refractivity contribution in [3.8, 4) is 5.75 Å². The van der Waals surface area contributed by atoms with E-state index < -0.39 is 7.12 Å². The van der Waals surface area contributed by atoms with Crippen molar-refractivity contribution in [3.63, 3.8) is 0 Å². The van der Waals surface area contributed by atoms with Crippen molar-refractivity contribution >= 4 is 12.6 Å². The van der Waals surface area contributed by atoms with Gasteiger partial charge in [0.1, 0.15) is 5.75 Å². The standard InChI is InChI=1S/C11H17BO4/c1-8(2)10-6-9(12(13)14)4-5-11(10)16-7-15-3/h4-6,8,13-14H,7H2,1-3H3. The molecule has 1 aromatic carbocycles. The summed E-state index contributed by atoms with van der Waals surface area (Å²) in [6.07, 6.45) is 0. The molecule has 0 fully saturated rings. The second kappa shape index (κ2) is 5.89. The molecule has 0 amide bonds. The highest BCUT2D eigenvalue weighted by Gasteiger charge is 2.15. The summed E-state index contributed by atoms with van der Waals surface area (Å²) in [6, 6.07) is 5.09. The first kappa shape index (κ1) is 13.0. The predicted molar refractivity (Wildman–Crippen MR) is 62.9 cm³/mol. The van der Waals surface area contributed by atoms with Crippen LogP contribution in [0.25, 0.3) is 0 Å². The van der Waals surface area contributed by atoms with Crippen LogP contribution in [0.2, 0.25) is 0 Å². The maximum atomic E-state index is 9.09. The van der Waals surface area contributed by atoms with E-state index in [1.54, 1.807) is 25.3 Å². The van der Waals surface area contributed by atoms with Crippen molar-refractivity contribution in [3.05, 3.63) is 23.8 Å². The third-order valence-corrected chi connectivity index (χ3v) is 2.29. The lowest BCUT2D eigenvalue weighted by Crippen LogP contribution is -2.30. The van der Waals surface area contributed by atoms with Gasteiger partial charge < -0.3 is 19.5 Å². The molecule has 0 aliphatic rings. The Hall–Kier alpha value is -1.04. The molecule has 16 heavy (non-hydrogen) atoms. The van der Waals surface area contributed by atoms with E-state index in [-0.39, 0.29) is 12.7 Å². The predicted octanol–water partition coefficient (Wildman–Crippen LogP) is 0.472. The van der Waals surface area contributed by atoms with Crippen molar-refractivity contribution in [2.75, 3.05) is 13.9 Å². The Kier molecular flexibility index (Phi) is 4.80. The van der Waals surface area contributed by atoms with Crippen LogP contribution in [-0.2, 0) is 4.74 Å². The summed E-state index contributed by atoms with van der Waals surface area (Å²) in [5, 5.41) is 18.2. The monoisotopic (exact) mass is 224 g/mol. The summed E-state index contributed by atoms with van der Waals surface area (Å²) in [6.45, 7) is 4.21. The van der Waals surface area contributed by atoms with E-state index in [0.29, 0.717) is 11.2 Å². The maximum absolute atomic E-state index is 9.09. The first-order valence-corrected chi connectivity index (χ1v) is 5.18. The second-order valence-corrected chi connectivity index (χ2v) is 3.88. The number of rotatable bonds is 5. The third kappa shape index (κ3) is 3.23. The summed E-state index contributed by atoms with van der Waals surface area (Å²) in [4.78, 5) is 0. The fourth-order valence-corrected chi connectivity index (χ4v) is 1.43. The Morgan fingerprint density at radius 3 is 2.50 bits per heavy atom. The van der Waals surface area contributed by atoms with Crippen molar-refractivity contribution in [1.82, 2.24) is 0 Å². The van der Waals surface area contributed by atoms with Crippen molar-refractivity contribution in [2.24, 2.45) is 0 Å². The normalized spacial score (nSPS) is 10.6. The lowest BCUT2D eigenvalue weighted by atomic mass is 9.78.